The van der Waals surface area contributed by atoms with Crippen LogP contribution in [0.3, 0.4) is 0 Å². The number of methoxy groups -OCH3 is 2. The monoisotopic (exact) mass is 385 g/mol. The van der Waals surface area contributed by atoms with Crippen molar-refractivity contribution in [3.8, 4) is 11.5 Å². The summed E-state index contributed by atoms with van der Waals surface area (Å²) in [6.45, 7) is 2.99. The van der Waals surface area contributed by atoms with Crippen molar-refractivity contribution in [2.24, 2.45) is 0 Å². The van der Waals surface area contributed by atoms with E-state index in [9.17, 15) is 0 Å². The average molecular weight is 388 g/mol. The van der Waals surface area contributed by atoms with Crippen molar-refractivity contribution in [1.82, 2.24) is 0 Å². The number of rotatable bonds is 3. The molecule has 1 fully saturated rings. The van der Waals surface area contributed by atoms with Crippen molar-refractivity contribution < 1.29 is 46.1 Å². The fraction of sp³-hybridized carbons (Fsp3) is 0.500. The minimum absolute atomic E-state index is 0. The quantitative estimate of drug-likeness (QED) is 0.514. The van der Waals surface area contributed by atoms with Gasteiger partial charge in [-0.3, -0.25) is 0 Å². The zero-order valence-corrected chi connectivity index (χ0v) is 16.6. The molecular formula is C12H17Cl2N3O3Zn. The molecule has 0 saturated carbocycles. The van der Waals surface area contributed by atoms with Gasteiger partial charge >= 0.3 is 5.69 Å². The van der Waals surface area contributed by atoms with Gasteiger partial charge in [-0.05, 0) is 0 Å². The third kappa shape index (κ3) is 5.16. The number of morpholine rings is 1. The van der Waals surface area contributed by atoms with Crippen LogP contribution in [-0.2, 0) is 24.2 Å². The molecule has 0 atom stereocenters. The molecule has 0 spiro atoms. The van der Waals surface area contributed by atoms with Gasteiger partial charge in [0.15, 0.2) is 10.7 Å². The van der Waals surface area contributed by atoms with E-state index in [-0.39, 0.29) is 44.3 Å². The number of hydrogen-bond acceptors (Lipinski definition) is 5. The molecule has 2 rings (SSSR count). The number of benzene rings is 1. The van der Waals surface area contributed by atoms with Crippen molar-refractivity contribution >= 4 is 23.8 Å². The van der Waals surface area contributed by atoms with Crippen LogP contribution in [0.4, 0.5) is 11.4 Å². The maximum Gasteiger partial charge on any atom is 0.430 e. The van der Waals surface area contributed by atoms with Gasteiger partial charge in [-0.2, -0.15) is 0 Å². The summed E-state index contributed by atoms with van der Waals surface area (Å²) in [5, 5.41) is 8.93. The Kier molecular flexibility index (Phi) is 11.6. The van der Waals surface area contributed by atoms with Crippen LogP contribution < -0.4 is 26.8 Å². The molecule has 0 bridgehead atoms. The van der Waals surface area contributed by atoms with Gasteiger partial charge < -0.3 is 31.5 Å². The Balaban J connectivity index is 0. The maximum absolute atomic E-state index is 8.93. The van der Waals surface area contributed by atoms with Gasteiger partial charge in [0.2, 0.25) is 11.1 Å². The number of anilines is 1. The number of hydrogen-bond donors (Lipinski definition) is 0. The Morgan fingerprint density at radius 2 is 1.71 bits per heavy atom. The van der Waals surface area contributed by atoms with E-state index >= 15 is 0 Å². The Bertz CT molecular complexity index is 480. The first-order valence-corrected chi connectivity index (χ1v) is 5.74. The number of halogens is 2. The number of diazo groups is 1. The van der Waals surface area contributed by atoms with Crippen LogP contribution in [0.2, 0.25) is 0 Å². The van der Waals surface area contributed by atoms with E-state index < -0.39 is 0 Å². The van der Waals surface area contributed by atoms with E-state index in [4.69, 9.17) is 19.6 Å². The second-order valence-electron chi connectivity index (χ2n) is 3.90. The van der Waals surface area contributed by atoms with Gasteiger partial charge in [0.05, 0.1) is 39.2 Å². The molecule has 1 heterocycles. The molecule has 6 nitrogen and oxygen atoms in total. The van der Waals surface area contributed by atoms with Crippen LogP contribution >= 0.6 is 12.4 Å². The normalized spacial score (nSPS) is 12.9. The summed E-state index contributed by atoms with van der Waals surface area (Å²) in [4.78, 5) is 5.35. The summed E-state index contributed by atoms with van der Waals surface area (Å²) < 4.78 is 15.9. The van der Waals surface area contributed by atoms with E-state index in [0.29, 0.717) is 30.4 Å². The first kappa shape index (κ1) is 22.5. The molecule has 1 aliphatic heterocycles. The molecule has 1 saturated heterocycles. The predicted molar refractivity (Wildman–Crippen MR) is 74.6 cm³/mol. The second-order valence-corrected chi connectivity index (χ2v) is 3.90. The molecule has 1 aliphatic rings. The molecule has 1 aromatic rings. The van der Waals surface area contributed by atoms with Crippen molar-refractivity contribution in [2.75, 3.05) is 45.4 Å². The van der Waals surface area contributed by atoms with E-state index in [1.165, 1.54) is 0 Å². The first-order chi connectivity index (χ1) is 8.80. The zero-order valence-electron chi connectivity index (χ0n) is 12.0. The van der Waals surface area contributed by atoms with Crippen molar-refractivity contribution in [1.29, 1.82) is 5.39 Å². The Morgan fingerprint density at radius 3 is 2.19 bits per heavy atom. The van der Waals surface area contributed by atoms with Gasteiger partial charge in [-0.1, -0.05) is 0 Å². The smallest absolute Gasteiger partial charge is 0.430 e. The van der Waals surface area contributed by atoms with Crippen molar-refractivity contribution in [3.05, 3.63) is 17.1 Å². The third-order valence-electron chi connectivity index (χ3n) is 2.94. The fourth-order valence-electron chi connectivity index (χ4n) is 2.00. The number of ether oxygens (including phenoxy) is 3. The van der Waals surface area contributed by atoms with E-state index in [1.54, 1.807) is 20.3 Å². The third-order valence-corrected chi connectivity index (χ3v) is 2.94. The molecule has 21 heavy (non-hydrogen) atoms. The average Bonchev–Trinajstić information content (AvgIpc) is 2.46. The summed E-state index contributed by atoms with van der Waals surface area (Å²) in [7, 11) is 3.13. The largest absolute Gasteiger partial charge is 1.00 e. The molecule has 114 valence electrons. The van der Waals surface area contributed by atoms with Gasteiger partial charge in [0, 0.05) is 38.6 Å². The van der Waals surface area contributed by atoms with Crippen LogP contribution in [0.15, 0.2) is 12.1 Å². The Morgan fingerprint density at radius 1 is 1.14 bits per heavy atom. The van der Waals surface area contributed by atoms with Crippen molar-refractivity contribution in [3.63, 3.8) is 0 Å². The minimum Gasteiger partial charge on any atom is -1.00 e. The molecule has 0 aliphatic carbocycles. The Labute approximate surface area is 149 Å². The predicted octanol–water partition coefficient (Wildman–Crippen LogP) is -0.552. The summed E-state index contributed by atoms with van der Waals surface area (Å²) in [5.74, 6) is 1.17. The Hall–Kier alpha value is -0.797. The second kappa shape index (κ2) is 10.9. The van der Waals surface area contributed by atoms with Gasteiger partial charge in [-0.25, -0.2) is 0 Å². The van der Waals surface area contributed by atoms with Crippen LogP contribution in [0, 0.1) is 5.39 Å². The summed E-state index contributed by atoms with van der Waals surface area (Å²) in [5.41, 5.74) is 1.27. The molecule has 0 aromatic heterocycles. The van der Waals surface area contributed by atoms with Gasteiger partial charge in [0.25, 0.3) is 0 Å². The van der Waals surface area contributed by atoms with Gasteiger partial charge in [-0.15, -0.1) is 12.4 Å². The SMILES string of the molecule is COc1cc(N2CCOCC2)c(OC)cc1[N+]#N.Cl.[Cl-].[Zn]. The first-order valence-electron chi connectivity index (χ1n) is 5.74. The molecular weight excluding hydrogens is 370 g/mol. The maximum atomic E-state index is 8.93. The van der Waals surface area contributed by atoms with Crippen LogP contribution in [0.5, 0.6) is 11.5 Å². The van der Waals surface area contributed by atoms with Crippen LogP contribution in [-0.4, -0.2) is 40.5 Å². The van der Waals surface area contributed by atoms with Crippen LogP contribution in [0.1, 0.15) is 0 Å². The molecule has 0 N–H and O–H groups in total. The molecule has 9 heteroatoms. The number of nitrogens with zero attached hydrogens (tertiary/aromatic N) is 3. The summed E-state index contributed by atoms with van der Waals surface area (Å²) in [6.07, 6.45) is 0. The van der Waals surface area contributed by atoms with Crippen LogP contribution in [0.25, 0.3) is 4.98 Å². The minimum atomic E-state index is 0. The van der Waals surface area contributed by atoms with E-state index in [0.717, 1.165) is 18.8 Å². The standard InChI is InChI=1S/C12H16N3O3.2ClH.Zn/c1-16-11-8-10(15-3-5-18-6-4-15)12(17-2)7-9(11)14-13;;;/h7-8H,3-6H2,1-2H3;2*1H;/q+1;;;/p-1. The van der Waals surface area contributed by atoms with E-state index in [2.05, 4.69) is 9.88 Å². The molecule has 0 radical (unpaired) electrons. The fourth-order valence-corrected chi connectivity index (χ4v) is 2.00. The summed E-state index contributed by atoms with van der Waals surface area (Å²) in [6, 6.07) is 3.48. The topological polar surface area (TPSA) is 59.1 Å². The summed E-state index contributed by atoms with van der Waals surface area (Å²) >= 11 is 0. The molecule has 1 aromatic carbocycles. The molecule has 0 amide bonds. The molecule has 0 unspecified atom stereocenters. The zero-order chi connectivity index (χ0) is 13.0. The van der Waals surface area contributed by atoms with Gasteiger partial charge in [0.1, 0.15) is 0 Å². The van der Waals surface area contributed by atoms with E-state index in [1.807, 2.05) is 6.07 Å². The van der Waals surface area contributed by atoms with Crippen molar-refractivity contribution in [2.45, 2.75) is 0 Å².